The molecule has 12 heteroatoms. The number of anilines is 2. The molecule has 1 N–H and O–H groups in total. The molecule has 0 saturated carbocycles. The lowest BCUT2D eigenvalue weighted by Crippen LogP contribution is -2.38. The normalized spacial score (nSPS) is 11.0. The predicted octanol–water partition coefficient (Wildman–Crippen LogP) is 4.48. The molecule has 0 aliphatic carbocycles. The van der Waals surface area contributed by atoms with Crippen molar-refractivity contribution < 1.29 is 36.2 Å². The van der Waals surface area contributed by atoms with E-state index in [4.69, 9.17) is 25.8 Å². The first-order chi connectivity index (χ1) is 16.6. The van der Waals surface area contributed by atoms with E-state index >= 15 is 0 Å². The average Bonchev–Trinajstić information content (AvgIpc) is 2.84. The van der Waals surface area contributed by atoms with Gasteiger partial charge in [-0.05, 0) is 42.5 Å². The molecule has 35 heavy (non-hydrogen) atoms. The number of carbonyl (C=O) groups is 1. The van der Waals surface area contributed by atoms with E-state index < -0.39 is 34.1 Å². The van der Waals surface area contributed by atoms with Crippen LogP contribution in [0.15, 0.2) is 59.5 Å². The summed E-state index contributed by atoms with van der Waals surface area (Å²) in [5.74, 6) is -2.52. The van der Waals surface area contributed by atoms with Gasteiger partial charge < -0.3 is 19.5 Å². The van der Waals surface area contributed by atoms with E-state index in [9.17, 15) is 22.0 Å². The summed E-state index contributed by atoms with van der Waals surface area (Å²) >= 11 is 6.11. The second-order valence-electron chi connectivity index (χ2n) is 7.02. The number of hydrogen-bond acceptors (Lipinski definition) is 6. The van der Waals surface area contributed by atoms with Crippen LogP contribution in [-0.2, 0) is 14.8 Å². The monoisotopic (exact) mass is 526 g/mol. The maximum atomic E-state index is 13.7. The van der Waals surface area contributed by atoms with Crippen molar-refractivity contribution in [3.05, 3.63) is 71.3 Å². The minimum absolute atomic E-state index is 0.0183. The molecule has 0 unspecified atom stereocenters. The summed E-state index contributed by atoms with van der Waals surface area (Å²) in [7, 11) is -0.321. The third-order valence-corrected chi connectivity index (χ3v) is 6.83. The van der Waals surface area contributed by atoms with Gasteiger partial charge in [0.15, 0.2) is 23.1 Å². The Kier molecular flexibility index (Phi) is 8.03. The van der Waals surface area contributed by atoms with Crippen molar-refractivity contribution in [2.45, 2.75) is 4.90 Å². The molecule has 0 saturated heterocycles. The SMILES string of the molecule is COc1ccc(S(=O)(=O)N(CC(=O)Nc2ccc(F)c(F)c2)c2cc(Cl)ccc2OC)cc1OC. The quantitative estimate of drug-likeness (QED) is 0.442. The second-order valence-corrected chi connectivity index (χ2v) is 9.32. The molecule has 1 amide bonds. The number of ether oxygens (including phenoxy) is 3. The minimum Gasteiger partial charge on any atom is -0.495 e. The van der Waals surface area contributed by atoms with Crippen LogP contribution in [0, 0.1) is 11.6 Å². The van der Waals surface area contributed by atoms with E-state index in [2.05, 4.69) is 5.32 Å². The van der Waals surface area contributed by atoms with E-state index in [1.165, 1.54) is 57.7 Å². The fourth-order valence-corrected chi connectivity index (χ4v) is 4.77. The van der Waals surface area contributed by atoms with Gasteiger partial charge in [-0.1, -0.05) is 11.6 Å². The van der Waals surface area contributed by atoms with Crippen LogP contribution in [0.25, 0.3) is 0 Å². The van der Waals surface area contributed by atoms with Crippen LogP contribution in [-0.4, -0.2) is 42.2 Å². The van der Waals surface area contributed by atoms with Crippen LogP contribution < -0.4 is 23.8 Å². The predicted molar refractivity (Wildman–Crippen MR) is 127 cm³/mol. The van der Waals surface area contributed by atoms with Crippen molar-refractivity contribution in [1.29, 1.82) is 0 Å². The van der Waals surface area contributed by atoms with Gasteiger partial charge in [-0.3, -0.25) is 9.10 Å². The van der Waals surface area contributed by atoms with Crippen LogP contribution in [0.5, 0.6) is 17.2 Å². The fraction of sp³-hybridized carbons (Fsp3) is 0.174. The second kappa shape index (κ2) is 10.8. The Bertz CT molecular complexity index is 1350. The molecule has 0 aromatic heterocycles. The number of halogens is 3. The van der Waals surface area contributed by atoms with Gasteiger partial charge in [0.1, 0.15) is 12.3 Å². The molecule has 3 aromatic carbocycles. The number of sulfonamides is 1. The summed E-state index contributed by atoms with van der Waals surface area (Å²) in [6.45, 7) is -0.744. The van der Waals surface area contributed by atoms with Crippen molar-refractivity contribution in [1.82, 2.24) is 0 Å². The largest absolute Gasteiger partial charge is 0.495 e. The molecule has 8 nitrogen and oxygen atoms in total. The number of rotatable bonds is 9. The van der Waals surface area contributed by atoms with Gasteiger partial charge in [-0.15, -0.1) is 0 Å². The Hall–Kier alpha value is -3.57. The number of benzene rings is 3. The Morgan fingerprint density at radius 2 is 1.54 bits per heavy atom. The zero-order valence-electron chi connectivity index (χ0n) is 18.8. The number of amides is 1. The van der Waals surface area contributed by atoms with E-state index in [-0.39, 0.29) is 32.8 Å². The molecule has 0 fully saturated rings. The summed E-state index contributed by atoms with van der Waals surface area (Å²) < 4.78 is 70.6. The van der Waals surface area contributed by atoms with Gasteiger partial charge in [0.2, 0.25) is 5.91 Å². The van der Waals surface area contributed by atoms with E-state index in [1.54, 1.807) is 0 Å². The van der Waals surface area contributed by atoms with Crippen molar-refractivity contribution in [3.63, 3.8) is 0 Å². The lowest BCUT2D eigenvalue weighted by Gasteiger charge is -2.26. The van der Waals surface area contributed by atoms with Gasteiger partial charge in [-0.2, -0.15) is 0 Å². The molecule has 0 bridgehead atoms. The topological polar surface area (TPSA) is 94.2 Å². The van der Waals surface area contributed by atoms with Crippen LogP contribution in [0.2, 0.25) is 5.02 Å². The number of hydrogen-bond donors (Lipinski definition) is 1. The molecule has 186 valence electrons. The molecule has 0 spiro atoms. The molecule has 0 aliphatic rings. The Morgan fingerprint density at radius 3 is 2.17 bits per heavy atom. The van der Waals surface area contributed by atoms with Crippen LogP contribution >= 0.6 is 11.6 Å². The molecular formula is C23H21ClF2N2O6S. The first kappa shape index (κ1) is 26.0. The minimum atomic E-state index is -4.40. The first-order valence-corrected chi connectivity index (χ1v) is 11.8. The maximum absolute atomic E-state index is 13.7. The highest BCUT2D eigenvalue weighted by Gasteiger charge is 2.31. The highest BCUT2D eigenvalue weighted by atomic mass is 35.5. The zero-order chi connectivity index (χ0) is 25.8. The molecule has 3 aromatic rings. The third kappa shape index (κ3) is 5.75. The Balaban J connectivity index is 2.07. The third-order valence-electron chi connectivity index (χ3n) is 4.84. The van der Waals surface area contributed by atoms with Gasteiger partial charge >= 0.3 is 0 Å². The van der Waals surface area contributed by atoms with Crippen molar-refractivity contribution in [2.75, 3.05) is 37.5 Å². The smallest absolute Gasteiger partial charge is 0.265 e. The van der Waals surface area contributed by atoms with Crippen LogP contribution in [0.3, 0.4) is 0 Å². The number of carbonyl (C=O) groups excluding carboxylic acids is 1. The zero-order valence-corrected chi connectivity index (χ0v) is 20.4. The number of nitrogens with one attached hydrogen (secondary N) is 1. The first-order valence-electron chi connectivity index (χ1n) is 9.94. The van der Waals surface area contributed by atoms with Crippen molar-refractivity contribution in [2.24, 2.45) is 0 Å². The van der Waals surface area contributed by atoms with Crippen LogP contribution in [0.4, 0.5) is 20.2 Å². The summed E-state index contributed by atoms with van der Waals surface area (Å²) in [5, 5.41) is 2.55. The summed E-state index contributed by atoms with van der Waals surface area (Å²) in [4.78, 5) is 12.6. The van der Waals surface area contributed by atoms with Gasteiger partial charge in [0, 0.05) is 22.8 Å². The molecule has 0 radical (unpaired) electrons. The molecule has 0 atom stereocenters. The number of methoxy groups -OCH3 is 3. The molecule has 0 aliphatic heterocycles. The van der Waals surface area contributed by atoms with Gasteiger partial charge in [-0.25, -0.2) is 17.2 Å². The molecular weight excluding hydrogens is 506 g/mol. The van der Waals surface area contributed by atoms with Gasteiger partial charge in [0.25, 0.3) is 10.0 Å². The Morgan fingerprint density at radius 1 is 0.886 bits per heavy atom. The lowest BCUT2D eigenvalue weighted by molar-refractivity contribution is -0.114. The fourth-order valence-electron chi connectivity index (χ4n) is 3.17. The van der Waals surface area contributed by atoms with E-state index in [0.717, 1.165) is 22.5 Å². The highest BCUT2D eigenvalue weighted by molar-refractivity contribution is 7.92. The van der Waals surface area contributed by atoms with Gasteiger partial charge in [0.05, 0.1) is 31.9 Å². The van der Waals surface area contributed by atoms with Crippen molar-refractivity contribution >= 4 is 38.9 Å². The summed E-state index contributed by atoms with van der Waals surface area (Å²) in [6.07, 6.45) is 0. The van der Waals surface area contributed by atoms with Crippen LogP contribution in [0.1, 0.15) is 0 Å². The Labute approximate surface area is 206 Å². The van der Waals surface area contributed by atoms with Crippen molar-refractivity contribution in [3.8, 4) is 17.2 Å². The van der Waals surface area contributed by atoms with E-state index in [1.807, 2.05) is 0 Å². The standard InChI is InChI=1S/C23H21ClF2N2O6S/c1-32-20-8-4-14(24)10-19(20)28(13-23(29)27-15-5-7-17(25)18(26)11-15)35(30,31)16-6-9-21(33-2)22(12-16)34-3/h4-12H,13H2,1-3H3,(H,27,29). The summed E-state index contributed by atoms with van der Waals surface area (Å²) in [6, 6.07) is 10.9. The average molecular weight is 527 g/mol. The molecule has 3 rings (SSSR count). The van der Waals surface area contributed by atoms with E-state index in [0.29, 0.717) is 5.75 Å². The lowest BCUT2D eigenvalue weighted by atomic mass is 10.2. The maximum Gasteiger partial charge on any atom is 0.265 e. The summed E-state index contributed by atoms with van der Waals surface area (Å²) in [5.41, 5.74) is -0.0781. The number of nitrogens with zero attached hydrogens (tertiary/aromatic N) is 1. The molecule has 0 heterocycles. The highest BCUT2D eigenvalue weighted by Crippen LogP contribution is 2.37.